The molecule has 4 unspecified atom stereocenters. The number of hydrogen-bond acceptors (Lipinski definition) is 8. The summed E-state index contributed by atoms with van der Waals surface area (Å²) < 4.78 is 16.8. The van der Waals surface area contributed by atoms with Gasteiger partial charge in [0.15, 0.2) is 12.4 Å². The van der Waals surface area contributed by atoms with Gasteiger partial charge < -0.3 is 19.2 Å². The molecule has 3 fully saturated rings. The molecule has 1 saturated carbocycles. The minimum absolute atomic E-state index is 0.0200. The number of aromatic amines is 1. The van der Waals surface area contributed by atoms with Crippen LogP contribution in [0.2, 0.25) is 0 Å². The Bertz CT molecular complexity index is 1870. The number of ether oxygens (including phenoxy) is 3. The van der Waals surface area contributed by atoms with Crippen LogP contribution < -0.4 is 0 Å². The van der Waals surface area contributed by atoms with Crippen LogP contribution in [0.15, 0.2) is 42.6 Å². The van der Waals surface area contributed by atoms with E-state index in [0.717, 1.165) is 78.7 Å². The number of ketones is 1. The molecule has 1 N–H and O–H groups in total. The zero-order valence-electron chi connectivity index (χ0n) is 30.4. The highest BCUT2D eigenvalue weighted by atomic mass is 16.6. The van der Waals surface area contributed by atoms with Crippen molar-refractivity contribution in [1.82, 2.24) is 19.8 Å². The molecule has 2 aromatic carbocycles. The number of Topliss-reactive ketones (excluding diaryl/α,β-unsaturated/α-hetero) is 1. The fourth-order valence-corrected chi connectivity index (χ4v) is 8.15. The van der Waals surface area contributed by atoms with Gasteiger partial charge in [-0.1, -0.05) is 24.3 Å². The van der Waals surface area contributed by atoms with E-state index in [1.54, 1.807) is 31.7 Å². The second-order valence-corrected chi connectivity index (χ2v) is 16.3. The Morgan fingerprint density at radius 2 is 1.55 bits per heavy atom. The normalized spacial score (nSPS) is 22.4. The second kappa shape index (κ2) is 13.1. The first-order valence-corrected chi connectivity index (χ1v) is 18.2. The van der Waals surface area contributed by atoms with Crippen LogP contribution in [0, 0.1) is 5.92 Å². The van der Waals surface area contributed by atoms with Crippen molar-refractivity contribution in [1.29, 1.82) is 0 Å². The van der Waals surface area contributed by atoms with Crippen molar-refractivity contribution in [3.8, 4) is 22.4 Å². The summed E-state index contributed by atoms with van der Waals surface area (Å²) in [6, 6.07) is 11.1. The summed E-state index contributed by atoms with van der Waals surface area (Å²) in [4.78, 5) is 63.8. The van der Waals surface area contributed by atoms with Crippen LogP contribution in [0.3, 0.4) is 0 Å². The zero-order chi connectivity index (χ0) is 36.2. The lowest BCUT2D eigenvalue weighted by molar-refractivity contribution is -0.150. The number of rotatable bonds is 6. The molecule has 3 heterocycles. The first-order valence-electron chi connectivity index (χ1n) is 18.2. The molecular formula is C40H48N4O7. The van der Waals surface area contributed by atoms with E-state index in [1.165, 1.54) is 10.5 Å². The van der Waals surface area contributed by atoms with Crippen molar-refractivity contribution >= 4 is 23.9 Å². The van der Waals surface area contributed by atoms with Crippen molar-refractivity contribution in [3.05, 3.63) is 65.1 Å². The Kier molecular flexibility index (Phi) is 8.96. The van der Waals surface area contributed by atoms with Crippen LogP contribution in [0.25, 0.3) is 22.4 Å². The average molecular weight is 697 g/mol. The second-order valence-electron chi connectivity index (χ2n) is 16.3. The molecule has 2 amide bonds. The van der Waals surface area contributed by atoms with E-state index in [-0.39, 0.29) is 36.5 Å². The highest BCUT2D eigenvalue weighted by molar-refractivity contribution is 5.99. The predicted molar refractivity (Wildman–Crippen MR) is 190 cm³/mol. The maximum atomic E-state index is 13.3. The molecule has 3 aromatic rings. The number of nitrogens with zero attached hydrogens (tertiary/aromatic N) is 3. The van der Waals surface area contributed by atoms with Crippen LogP contribution in [0.4, 0.5) is 9.59 Å². The van der Waals surface area contributed by atoms with Gasteiger partial charge in [0.25, 0.3) is 0 Å². The molecule has 0 spiro atoms. The first-order chi connectivity index (χ1) is 24.1. The highest BCUT2D eigenvalue weighted by Gasteiger charge is 2.53. The number of imidazole rings is 1. The van der Waals surface area contributed by atoms with Crippen molar-refractivity contribution in [2.45, 2.75) is 116 Å². The standard InChI is InChI=1S/C40H48N4O7/c1-39(2,3)50-37(47)43-17-7-8-32(43)35-41-21-31(42-35)25-12-15-29-23(18-25)9-10-24-19-26(13-16-30(24)29)33(45)22-49-36(46)34-27-11-14-28(20-27)44(34)38(48)51-40(4,5)6/h12-13,15-16,18-19,21,27-28,32,34H,7-11,14,17,20,22H2,1-6H3,(H,41,42). The fourth-order valence-electron chi connectivity index (χ4n) is 8.15. The van der Waals surface area contributed by atoms with Gasteiger partial charge >= 0.3 is 18.2 Å². The summed E-state index contributed by atoms with van der Waals surface area (Å²) in [5.41, 5.74) is 5.66. The molecule has 1 aromatic heterocycles. The number of fused-ring (bicyclic) bond motifs is 5. The topological polar surface area (TPSA) is 131 Å². The Labute approximate surface area is 299 Å². The quantitative estimate of drug-likeness (QED) is 0.160. The van der Waals surface area contributed by atoms with Crippen LogP contribution >= 0.6 is 0 Å². The molecule has 270 valence electrons. The molecule has 4 aliphatic rings. The van der Waals surface area contributed by atoms with E-state index in [0.29, 0.717) is 12.1 Å². The number of hydrogen-bond donors (Lipinski definition) is 1. The minimum atomic E-state index is -0.723. The van der Waals surface area contributed by atoms with E-state index in [4.69, 9.17) is 14.2 Å². The van der Waals surface area contributed by atoms with Crippen LogP contribution in [-0.4, -0.2) is 80.1 Å². The summed E-state index contributed by atoms with van der Waals surface area (Å²) >= 11 is 0. The van der Waals surface area contributed by atoms with E-state index in [2.05, 4.69) is 28.2 Å². The molecule has 2 bridgehead atoms. The summed E-state index contributed by atoms with van der Waals surface area (Å²) in [5, 5.41) is 0. The molecule has 51 heavy (non-hydrogen) atoms. The molecule has 11 heteroatoms. The summed E-state index contributed by atoms with van der Waals surface area (Å²) in [5.74, 6) is -0.0411. The van der Waals surface area contributed by atoms with Crippen LogP contribution in [0.1, 0.15) is 107 Å². The Hall–Kier alpha value is -4.67. The summed E-state index contributed by atoms with van der Waals surface area (Å²) in [7, 11) is 0. The molecule has 2 saturated heterocycles. The van der Waals surface area contributed by atoms with Gasteiger partial charge in [-0.25, -0.2) is 19.4 Å². The van der Waals surface area contributed by atoms with Crippen LogP contribution in [-0.2, 0) is 31.8 Å². The van der Waals surface area contributed by atoms with Gasteiger partial charge in [-0.15, -0.1) is 0 Å². The van der Waals surface area contributed by atoms with Crippen molar-refractivity contribution in [3.63, 3.8) is 0 Å². The lowest BCUT2D eigenvalue weighted by Gasteiger charge is -2.35. The molecule has 4 atom stereocenters. The Balaban J connectivity index is 1.00. The van der Waals surface area contributed by atoms with E-state index < -0.39 is 29.3 Å². The van der Waals surface area contributed by atoms with Crippen molar-refractivity contribution in [2.24, 2.45) is 5.92 Å². The monoisotopic (exact) mass is 696 g/mol. The van der Waals surface area contributed by atoms with Gasteiger partial charge in [0.1, 0.15) is 23.1 Å². The van der Waals surface area contributed by atoms with Gasteiger partial charge in [0, 0.05) is 18.2 Å². The third kappa shape index (κ3) is 7.12. The zero-order valence-corrected chi connectivity index (χ0v) is 30.4. The summed E-state index contributed by atoms with van der Waals surface area (Å²) in [6.45, 7) is 11.3. The molecule has 2 aliphatic carbocycles. The SMILES string of the molecule is CC(C)(C)OC(=O)N1CCCC1c1ncc(-c2ccc3c(c2)CCc2cc(C(=O)COC(=O)C4C5CCC(C5)N4C(=O)OC(C)(C)C)ccc2-3)[nH]1. The number of benzene rings is 2. The smallest absolute Gasteiger partial charge is 0.411 e. The predicted octanol–water partition coefficient (Wildman–Crippen LogP) is 7.43. The lowest BCUT2D eigenvalue weighted by atomic mass is 9.83. The summed E-state index contributed by atoms with van der Waals surface area (Å²) in [6.07, 6.45) is 6.75. The number of nitrogens with one attached hydrogen (secondary N) is 1. The molecule has 2 aliphatic heterocycles. The average Bonchev–Trinajstić information content (AvgIpc) is 3.89. The molecule has 7 rings (SSSR count). The van der Waals surface area contributed by atoms with Gasteiger partial charge in [0.05, 0.1) is 17.9 Å². The van der Waals surface area contributed by atoms with Crippen molar-refractivity contribution in [2.75, 3.05) is 13.2 Å². The van der Waals surface area contributed by atoms with E-state index in [9.17, 15) is 19.2 Å². The van der Waals surface area contributed by atoms with Gasteiger partial charge in [0.2, 0.25) is 0 Å². The lowest BCUT2D eigenvalue weighted by Crippen LogP contribution is -2.51. The fraction of sp³-hybridized carbons (Fsp3) is 0.525. The van der Waals surface area contributed by atoms with Crippen molar-refractivity contribution < 1.29 is 33.4 Å². The molecule has 11 nitrogen and oxygen atoms in total. The number of carbonyl (C=O) groups is 4. The number of H-pyrrole nitrogens is 1. The highest BCUT2D eigenvalue weighted by Crippen LogP contribution is 2.44. The number of aryl methyl sites for hydroxylation is 2. The number of carbonyl (C=O) groups excluding carboxylic acids is 4. The maximum absolute atomic E-state index is 13.3. The largest absolute Gasteiger partial charge is 0.456 e. The number of aromatic nitrogens is 2. The Morgan fingerprint density at radius 1 is 0.863 bits per heavy atom. The minimum Gasteiger partial charge on any atom is -0.456 e. The number of likely N-dealkylation sites (tertiary alicyclic amines) is 2. The van der Waals surface area contributed by atoms with E-state index in [1.807, 2.05) is 39.1 Å². The van der Waals surface area contributed by atoms with Crippen LogP contribution in [0.5, 0.6) is 0 Å². The molecular weight excluding hydrogens is 648 g/mol. The maximum Gasteiger partial charge on any atom is 0.411 e. The number of piperidine rings is 1. The third-order valence-electron chi connectivity index (χ3n) is 10.4. The van der Waals surface area contributed by atoms with Gasteiger partial charge in [-0.3, -0.25) is 14.6 Å². The van der Waals surface area contributed by atoms with Gasteiger partial charge in [-0.2, -0.15) is 0 Å². The number of amides is 2. The molecule has 0 radical (unpaired) electrons. The van der Waals surface area contributed by atoms with E-state index >= 15 is 0 Å². The first kappa shape index (κ1) is 34.8. The van der Waals surface area contributed by atoms with Gasteiger partial charge in [-0.05, 0) is 132 Å². The third-order valence-corrected chi connectivity index (χ3v) is 10.4. The number of esters is 1. The Morgan fingerprint density at radius 3 is 2.27 bits per heavy atom.